The highest BCUT2D eigenvalue weighted by atomic mass is 35.5. The van der Waals surface area contributed by atoms with E-state index in [1.807, 2.05) is 10.6 Å². The van der Waals surface area contributed by atoms with Crippen molar-refractivity contribution in [2.45, 2.75) is 18.8 Å². The van der Waals surface area contributed by atoms with E-state index in [-0.39, 0.29) is 0 Å². The van der Waals surface area contributed by atoms with Crippen molar-refractivity contribution in [3.05, 3.63) is 28.1 Å². The minimum Gasteiger partial charge on any atom is -0.317 e. The van der Waals surface area contributed by atoms with Gasteiger partial charge in [-0.25, -0.2) is 0 Å². The first-order valence-electron chi connectivity index (χ1n) is 5.66. The van der Waals surface area contributed by atoms with Crippen LogP contribution in [0.3, 0.4) is 0 Å². The lowest BCUT2D eigenvalue weighted by molar-refractivity contribution is 0.442. The van der Waals surface area contributed by atoms with Gasteiger partial charge in [0.25, 0.3) is 0 Å². The van der Waals surface area contributed by atoms with Gasteiger partial charge in [0.15, 0.2) is 5.65 Å². The van der Waals surface area contributed by atoms with Crippen LogP contribution in [0.5, 0.6) is 0 Å². The van der Waals surface area contributed by atoms with Crippen LogP contribution in [0.4, 0.5) is 0 Å². The maximum atomic E-state index is 6.09. The molecule has 0 spiro atoms. The smallest absolute Gasteiger partial charge is 0.179 e. The quantitative estimate of drug-likeness (QED) is 0.866. The molecule has 1 fully saturated rings. The van der Waals surface area contributed by atoms with E-state index in [4.69, 9.17) is 23.2 Å². The second kappa shape index (κ2) is 4.44. The maximum absolute atomic E-state index is 6.09. The van der Waals surface area contributed by atoms with Crippen molar-refractivity contribution >= 4 is 28.8 Å². The molecule has 0 radical (unpaired) electrons. The molecule has 0 aromatic carbocycles. The van der Waals surface area contributed by atoms with E-state index in [1.54, 1.807) is 6.07 Å². The number of fused-ring (bicyclic) bond motifs is 1. The monoisotopic (exact) mass is 270 g/mol. The average Bonchev–Trinajstić information content (AvgIpc) is 2.74. The Morgan fingerprint density at radius 2 is 2.00 bits per heavy atom. The molecule has 0 aliphatic carbocycles. The number of halogens is 2. The molecule has 0 saturated carbocycles. The summed E-state index contributed by atoms with van der Waals surface area (Å²) in [4.78, 5) is 0. The van der Waals surface area contributed by atoms with Gasteiger partial charge in [-0.15, -0.1) is 10.2 Å². The van der Waals surface area contributed by atoms with Crippen LogP contribution in [0.2, 0.25) is 10.0 Å². The molecule has 2 aromatic heterocycles. The Hall–Kier alpha value is -0.840. The molecule has 1 N–H and O–H groups in total. The molecule has 1 aliphatic rings. The molecule has 1 saturated heterocycles. The Bertz CT molecular complexity index is 546. The average molecular weight is 271 g/mol. The minimum atomic E-state index is 0.431. The molecule has 6 heteroatoms. The molecular weight excluding hydrogens is 259 g/mol. The highest BCUT2D eigenvalue weighted by Gasteiger charge is 2.21. The lowest BCUT2D eigenvalue weighted by atomic mass is 9.97. The summed E-state index contributed by atoms with van der Waals surface area (Å²) in [6.45, 7) is 2.04. The van der Waals surface area contributed by atoms with Crippen molar-refractivity contribution in [2.75, 3.05) is 13.1 Å². The molecule has 2 aromatic rings. The van der Waals surface area contributed by atoms with Crippen molar-refractivity contribution < 1.29 is 0 Å². The number of nitrogens with zero attached hydrogens (tertiary/aromatic N) is 3. The fourth-order valence-corrected chi connectivity index (χ4v) is 2.81. The predicted molar refractivity (Wildman–Crippen MR) is 67.9 cm³/mol. The molecule has 90 valence electrons. The van der Waals surface area contributed by atoms with Crippen molar-refractivity contribution in [3.8, 4) is 0 Å². The third-order valence-electron chi connectivity index (χ3n) is 3.16. The van der Waals surface area contributed by atoms with Crippen LogP contribution in [0.25, 0.3) is 5.65 Å². The summed E-state index contributed by atoms with van der Waals surface area (Å²) in [6.07, 6.45) is 3.98. The summed E-state index contributed by atoms with van der Waals surface area (Å²) >= 11 is 12.1. The fourth-order valence-electron chi connectivity index (χ4n) is 2.30. The van der Waals surface area contributed by atoms with E-state index < -0.39 is 0 Å². The van der Waals surface area contributed by atoms with E-state index in [0.717, 1.165) is 31.8 Å². The number of hydrogen-bond acceptors (Lipinski definition) is 3. The van der Waals surface area contributed by atoms with Gasteiger partial charge in [0.1, 0.15) is 5.82 Å². The number of pyridine rings is 1. The van der Waals surface area contributed by atoms with E-state index in [2.05, 4.69) is 15.5 Å². The van der Waals surface area contributed by atoms with Gasteiger partial charge < -0.3 is 5.32 Å². The number of hydrogen-bond donors (Lipinski definition) is 1. The minimum absolute atomic E-state index is 0.431. The summed E-state index contributed by atoms with van der Waals surface area (Å²) in [5.41, 5.74) is 0.685. The van der Waals surface area contributed by atoms with Gasteiger partial charge in [-0.05, 0) is 32.0 Å². The molecule has 3 rings (SSSR count). The number of aromatic nitrogens is 3. The Labute approximate surface area is 109 Å². The zero-order chi connectivity index (χ0) is 11.8. The Kier molecular flexibility index (Phi) is 2.94. The van der Waals surface area contributed by atoms with E-state index in [0.29, 0.717) is 21.6 Å². The van der Waals surface area contributed by atoms with Crippen molar-refractivity contribution in [1.29, 1.82) is 0 Å². The third-order valence-corrected chi connectivity index (χ3v) is 3.64. The van der Waals surface area contributed by atoms with E-state index in [9.17, 15) is 0 Å². The lowest BCUT2D eigenvalue weighted by Gasteiger charge is -2.20. The van der Waals surface area contributed by atoms with Crippen molar-refractivity contribution in [2.24, 2.45) is 0 Å². The highest BCUT2D eigenvalue weighted by Crippen LogP contribution is 2.27. The van der Waals surface area contributed by atoms with Gasteiger partial charge in [0.2, 0.25) is 0 Å². The van der Waals surface area contributed by atoms with Crippen LogP contribution in [0.15, 0.2) is 12.3 Å². The van der Waals surface area contributed by atoms with Crippen LogP contribution < -0.4 is 5.32 Å². The van der Waals surface area contributed by atoms with Gasteiger partial charge in [0, 0.05) is 12.1 Å². The van der Waals surface area contributed by atoms with Crippen molar-refractivity contribution in [3.63, 3.8) is 0 Å². The van der Waals surface area contributed by atoms with E-state index in [1.165, 1.54) is 0 Å². The van der Waals surface area contributed by atoms with Gasteiger partial charge in [-0.3, -0.25) is 4.40 Å². The number of rotatable bonds is 1. The third kappa shape index (κ3) is 2.01. The lowest BCUT2D eigenvalue weighted by Crippen LogP contribution is -2.27. The van der Waals surface area contributed by atoms with Crippen LogP contribution in [0.1, 0.15) is 24.6 Å². The summed E-state index contributed by atoms with van der Waals surface area (Å²) < 4.78 is 1.92. The van der Waals surface area contributed by atoms with Gasteiger partial charge in [0.05, 0.1) is 10.0 Å². The zero-order valence-electron chi connectivity index (χ0n) is 9.16. The molecule has 4 nitrogen and oxygen atoms in total. The molecule has 0 amide bonds. The number of piperidine rings is 1. The summed E-state index contributed by atoms with van der Waals surface area (Å²) in [5.74, 6) is 1.40. The second-order valence-corrected chi connectivity index (χ2v) is 5.13. The summed E-state index contributed by atoms with van der Waals surface area (Å²) in [5, 5.41) is 12.9. The normalized spacial score (nSPS) is 17.8. The first-order valence-corrected chi connectivity index (χ1v) is 6.41. The Morgan fingerprint density at radius 3 is 2.76 bits per heavy atom. The van der Waals surface area contributed by atoms with Crippen LogP contribution in [-0.2, 0) is 0 Å². The first kappa shape index (κ1) is 11.3. The molecule has 0 atom stereocenters. The molecule has 17 heavy (non-hydrogen) atoms. The zero-order valence-corrected chi connectivity index (χ0v) is 10.7. The fraction of sp³-hybridized carbons (Fsp3) is 0.455. The van der Waals surface area contributed by atoms with E-state index >= 15 is 0 Å². The summed E-state index contributed by atoms with van der Waals surface area (Å²) in [7, 11) is 0. The van der Waals surface area contributed by atoms with Crippen LogP contribution in [-0.4, -0.2) is 27.7 Å². The largest absolute Gasteiger partial charge is 0.317 e. The molecule has 0 unspecified atom stereocenters. The predicted octanol–water partition coefficient (Wildman–Crippen LogP) is 2.50. The highest BCUT2D eigenvalue weighted by molar-refractivity contribution is 6.36. The molecular formula is C11H12Cl2N4. The van der Waals surface area contributed by atoms with Gasteiger partial charge >= 0.3 is 0 Å². The molecule has 3 heterocycles. The summed E-state index contributed by atoms with van der Waals surface area (Å²) in [6, 6.07) is 1.69. The second-order valence-electron chi connectivity index (χ2n) is 4.28. The SMILES string of the molecule is Clc1cc(Cl)c2nnc(C3CCNCC3)n2c1. The maximum Gasteiger partial charge on any atom is 0.179 e. The molecule has 1 aliphatic heterocycles. The van der Waals surface area contributed by atoms with Crippen molar-refractivity contribution in [1.82, 2.24) is 19.9 Å². The van der Waals surface area contributed by atoms with Crippen LogP contribution >= 0.6 is 23.2 Å². The Balaban J connectivity index is 2.10. The topological polar surface area (TPSA) is 42.2 Å². The van der Waals surface area contributed by atoms with Gasteiger partial charge in [-0.2, -0.15) is 0 Å². The standard InChI is InChI=1S/C11H12Cl2N4/c12-8-5-9(13)11-16-15-10(17(11)6-8)7-1-3-14-4-2-7/h5-7,14H,1-4H2. The first-order chi connectivity index (χ1) is 8.25. The molecule has 0 bridgehead atoms. The Morgan fingerprint density at radius 1 is 1.24 bits per heavy atom. The van der Waals surface area contributed by atoms with Crippen LogP contribution in [0, 0.1) is 0 Å². The van der Waals surface area contributed by atoms with Gasteiger partial charge in [-0.1, -0.05) is 23.2 Å². The number of nitrogens with one attached hydrogen (secondary N) is 1.